The van der Waals surface area contributed by atoms with Gasteiger partial charge in [-0.3, -0.25) is 4.79 Å². The second-order valence-corrected chi connectivity index (χ2v) is 6.55. The Labute approximate surface area is 129 Å². The number of benzene rings is 1. The normalized spacial score (nSPS) is 19.1. The summed E-state index contributed by atoms with van der Waals surface area (Å²) in [5, 5.41) is 0.753. The maximum Gasteiger partial charge on any atom is 0.223 e. The van der Waals surface area contributed by atoms with Crippen LogP contribution >= 0.6 is 23.4 Å². The van der Waals surface area contributed by atoms with E-state index in [0.29, 0.717) is 13.0 Å². The number of rotatable bonds is 5. The first-order valence-electron chi connectivity index (χ1n) is 7.09. The summed E-state index contributed by atoms with van der Waals surface area (Å²) in [6.07, 6.45) is 3.87. The smallest absolute Gasteiger partial charge is 0.223 e. The van der Waals surface area contributed by atoms with Crippen molar-refractivity contribution in [3.05, 3.63) is 29.3 Å². The van der Waals surface area contributed by atoms with Gasteiger partial charge in [-0.2, -0.15) is 0 Å². The van der Waals surface area contributed by atoms with Gasteiger partial charge in [-0.1, -0.05) is 23.7 Å². The number of thioether (sulfide) groups is 1. The van der Waals surface area contributed by atoms with Gasteiger partial charge >= 0.3 is 0 Å². The van der Waals surface area contributed by atoms with Gasteiger partial charge < -0.3 is 10.6 Å². The SMILES string of the molecule is NCC1CCCCN1C(=O)CCSc1ccccc1Cl. The van der Waals surface area contributed by atoms with E-state index in [2.05, 4.69) is 0 Å². The molecule has 0 aromatic heterocycles. The summed E-state index contributed by atoms with van der Waals surface area (Å²) >= 11 is 7.74. The van der Waals surface area contributed by atoms with Gasteiger partial charge in [-0.15, -0.1) is 11.8 Å². The predicted molar refractivity (Wildman–Crippen MR) is 85.2 cm³/mol. The van der Waals surface area contributed by atoms with E-state index in [1.165, 1.54) is 6.42 Å². The fourth-order valence-electron chi connectivity index (χ4n) is 2.53. The molecule has 20 heavy (non-hydrogen) atoms. The zero-order valence-corrected chi connectivity index (χ0v) is 13.1. The van der Waals surface area contributed by atoms with Crippen molar-refractivity contribution in [2.75, 3.05) is 18.8 Å². The first-order chi connectivity index (χ1) is 9.72. The summed E-state index contributed by atoms with van der Waals surface area (Å²) < 4.78 is 0. The molecule has 1 amide bonds. The first-order valence-corrected chi connectivity index (χ1v) is 8.45. The lowest BCUT2D eigenvalue weighted by Crippen LogP contribution is -2.47. The highest BCUT2D eigenvalue weighted by Gasteiger charge is 2.24. The van der Waals surface area contributed by atoms with Gasteiger partial charge in [-0.25, -0.2) is 0 Å². The standard InChI is InChI=1S/C15H21ClN2OS/c16-13-6-1-2-7-14(13)20-10-8-15(19)18-9-4-3-5-12(18)11-17/h1-2,6-7,12H,3-5,8-11,17H2. The molecule has 1 aliphatic rings. The maximum absolute atomic E-state index is 12.3. The number of hydrogen-bond acceptors (Lipinski definition) is 3. The molecule has 2 N–H and O–H groups in total. The molecular weight excluding hydrogens is 292 g/mol. The number of nitrogens with two attached hydrogens (primary N) is 1. The van der Waals surface area contributed by atoms with Gasteiger partial charge in [0.15, 0.2) is 0 Å². The third-order valence-corrected chi connectivity index (χ3v) is 5.15. The summed E-state index contributed by atoms with van der Waals surface area (Å²) in [5.41, 5.74) is 5.75. The van der Waals surface area contributed by atoms with Crippen LogP contribution < -0.4 is 5.73 Å². The van der Waals surface area contributed by atoms with Crippen molar-refractivity contribution < 1.29 is 4.79 Å². The molecule has 1 saturated heterocycles. The highest BCUT2D eigenvalue weighted by atomic mass is 35.5. The van der Waals surface area contributed by atoms with Crippen LogP contribution in [0.5, 0.6) is 0 Å². The van der Waals surface area contributed by atoms with Gasteiger partial charge in [0.1, 0.15) is 0 Å². The zero-order valence-electron chi connectivity index (χ0n) is 11.6. The molecule has 1 atom stereocenters. The second-order valence-electron chi connectivity index (χ2n) is 5.00. The Bertz CT molecular complexity index is 455. The van der Waals surface area contributed by atoms with Crippen molar-refractivity contribution in [1.29, 1.82) is 0 Å². The van der Waals surface area contributed by atoms with Crippen molar-refractivity contribution >= 4 is 29.3 Å². The lowest BCUT2D eigenvalue weighted by molar-refractivity contribution is -0.134. The third kappa shape index (κ3) is 4.14. The molecular formula is C15H21ClN2OS. The van der Waals surface area contributed by atoms with Gasteiger partial charge in [0.2, 0.25) is 5.91 Å². The number of nitrogens with zero attached hydrogens (tertiary/aromatic N) is 1. The highest BCUT2D eigenvalue weighted by Crippen LogP contribution is 2.27. The molecule has 1 heterocycles. The van der Waals surface area contributed by atoms with Crippen molar-refractivity contribution in [1.82, 2.24) is 4.90 Å². The minimum Gasteiger partial charge on any atom is -0.338 e. The zero-order chi connectivity index (χ0) is 14.4. The topological polar surface area (TPSA) is 46.3 Å². The molecule has 0 radical (unpaired) electrons. The van der Waals surface area contributed by atoms with Crippen molar-refractivity contribution in [2.45, 2.75) is 36.6 Å². The predicted octanol–water partition coefficient (Wildman–Crippen LogP) is 3.16. The van der Waals surface area contributed by atoms with Crippen molar-refractivity contribution in [3.63, 3.8) is 0 Å². The molecule has 1 aromatic rings. The Morgan fingerprint density at radius 1 is 1.40 bits per heavy atom. The number of hydrogen-bond donors (Lipinski definition) is 1. The molecule has 1 aliphatic heterocycles. The number of carbonyl (C=O) groups excluding carboxylic acids is 1. The summed E-state index contributed by atoms with van der Waals surface area (Å²) in [6.45, 7) is 1.43. The van der Waals surface area contributed by atoms with Crippen LogP contribution in [-0.4, -0.2) is 35.7 Å². The van der Waals surface area contributed by atoms with Crippen LogP contribution in [0.25, 0.3) is 0 Å². The molecule has 5 heteroatoms. The Kier molecular flexibility index (Phi) is 6.20. The largest absolute Gasteiger partial charge is 0.338 e. The van der Waals surface area contributed by atoms with E-state index in [-0.39, 0.29) is 11.9 Å². The van der Waals surface area contributed by atoms with Crippen LogP contribution in [0.2, 0.25) is 5.02 Å². The van der Waals surface area contributed by atoms with E-state index < -0.39 is 0 Å². The van der Waals surface area contributed by atoms with Crippen LogP contribution in [0.1, 0.15) is 25.7 Å². The fourth-order valence-corrected chi connectivity index (χ4v) is 3.70. The van der Waals surface area contributed by atoms with E-state index in [4.69, 9.17) is 17.3 Å². The van der Waals surface area contributed by atoms with E-state index in [9.17, 15) is 4.79 Å². The number of halogens is 1. The summed E-state index contributed by atoms with van der Waals surface area (Å²) in [5.74, 6) is 0.982. The molecule has 1 aromatic carbocycles. The molecule has 0 spiro atoms. The molecule has 1 unspecified atom stereocenters. The summed E-state index contributed by atoms with van der Waals surface area (Å²) in [7, 11) is 0. The van der Waals surface area contributed by atoms with E-state index in [1.54, 1.807) is 11.8 Å². The third-order valence-electron chi connectivity index (χ3n) is 3.63. The van der Waals surface area contributed by atoms with Gasteiger partial charge in [0, 0.05) is 36.2 Å². The fraction of sp³-hybridized carbons (Fsp3) is 0.533. The summed E-state index contributed by atoms with van der Waals surface area (Å²) in [4.78, 5) is 15.3. The minimum absolute atomic E-state index is 0.222. The lowest BCUT2D eigenvalue weighted by atomic mass is 10.0. The Morgan fingerprint density at radius 3 is 2.95 bits per heavy atom. The van der Waals surface area contributed by atoms with Crippen LogP contribution in [0.3, 0.4) is 0 Å². The Morgan fingerprint density at radius 2 is 2.20 bits per heavy atom. The number of carbonyl (C=O) groups is 1. The molecule has 0 aliphatic carbocycles. The molecule has 2 rings (SSSR count). The second kappa shape index (κ2) is 7.91. The van der Waals surface area contributed by atoms with Crippen molar-refractivity contribution in [2.24, 2.45) is 5.73 Å². The van der Waals surface area contributed by atoms with Crippen LogP contribution in [-0.2, 0) is 4.79 Å². The Balaban J connectivity index is 1.81. The van der Waals surface area contributed by atoms with Gasteiger partial charge in [0.25, 0.3) is 0 Å². The number of piperidine rings is 1. The van der Waals surface area contributed by atoms with E-state index >= 15 is 0 Å². The first kappa shape index (κ1) is 15.7. The van der Waals surface area contributed by atoms with Crippen LogP contribution in [0.15, 0.2) is 29.2 Å². The quantitative estimate of drug-likeness (QED) is 0.850. The van der Waals surface area contributed by atoms with Crippen molar-refractivity contribution in [3.8, 4) is 0 Å². The minimum atomic E-state index is 0.222. The van der Waals surface area contributed by atoms with Gasteiger partial charge in [-0.05, 0) is 31.4 Å². The maximum atomic E-state index is 12.3. The monoisotopic (exact) mass is 312 g/mol. The lowest BCUT2D eigenvalue weighted by Gasteiger charge is -2.35. The average Bonchev–Trinajstić information content (AvgIpc) is 2.49. The molecule has 1 fully saturated rings. The summed E-state index contributed by atoms with van der Waals surface area (Å²) in [6, 6.07) is 7.98. The number of likely N-dealkylation sites (tertiary alicyclic amines) is 1. The molecule has 0 bridgehead atoms. The van der Waals surface area contributed by atoms with Gasteiger partial charge in [0.05, 0.1) is 5.02 Å². The van der Waals surface area contributed by atoms with Crippen LogP contribution in [0, 0.1) is 0 Å². The average molecular weight is 313 g/mol. The molecule has 3 nitrogen and oxygen atoms in total. The highest BCUT2D eigenvalue weighted by molar-refractivity contribution is 7.99. The molecule has 110 valence electrons. The van der Waals surface area contributed by atoms with E-state index in [1.807, 2.05) is 29.2 Å². The molecule has 0 saturated carbocycles. The van der Waals surface area contributed by atoms with Crippen LogP contribution in [0.4, 0.5) is 0 Å². The number of amides is 1. The van der Waals surface area contributed by atoms with E-state index in [0.717, 1.165) is 35.1 Å². The Hall–Kier alpha value is -0.710.